The Morgan fingerprint density at radius 1 is 1.36 bits per heavy atom. The third-order valence-corrected chi connectivity index (χ3v) is 3.24. The Kier molecular flexibility index (Phi) is 1.95. The summed E-state index contributed by atoms with van der Waals surface area (Å²) in [7, 11) is 0. The smallest absolute Gasteiger partial charge is 0.126 e. The Bertz CT molecular complexity index is 342. The van der Waals surface area contributed by atoms with Gasteiger partial charge in [-0.25, -0.2) is 0 Å². The summed E-state index contributed by atoms with van der Waals surface area (Å²) in [4.78, 5) is 0. The molecule has 2 heterocycles. The third kappa shape index (κ3) is 1.22. The molecule has 0 aliphatic carbocycles. The normalized spacial score (nSPS) is 24.7. The van der Waals surface area contributed by atoms with Crippen LogP contribution in [0.1, 0.15) is 23.5 Å². The first-order valence-corrected chi connectivity index (χ1v) is 5.40. The van der Waals surface area contributed by atoms with E-state index in [0.717, 1.165) is 26.1 Å². The summed E-state index contributed by atoms with van der Waals surface area (Å²) < 4.78 is 5.71. The second-order valence-electron chi connectivity index (χ2n) is 4.12. The quantitative estimate of drug-likeness (QED) is 0.726. The van der Waals surface area contributed by atoms with Gasteiger partial charge in [-0.15, -0.1) is 0 Å². The van der Waals surface area contributed by atoms with Crippen LogP contribution in [0, 0.1) is 0 Å². The lowest BCUT2D eigenvalue weighted by molar-refractivity contribution is 0.351. The zero-order valence-corrected chi connectivity index (χ0v) is 8.25. The van der Waals surface area contributed by atoms with Gasteiger partial charge in [-0.2, -0.15) is 0 Å². The summed E-state index contributed by atoms with van der Waals surface area (Å²) in [6.07, 6.45) is 2.34. The maximum atomic E-state index is 5.71. The Labute approximate surface area is 84.3 Å². The van der Waals surface area contributed by atoms with E-state index in [1.165, 1.54) is 23.3 Å². The van der Waals surface area contributed by atoms with Crippen molar-refractivity contribution in [3.05, 3.63) is 29.3 Å². The molecule has 1 aromatic carbocycles. The zero-order valence-electron chi connectivity index (χ0n) is 8.25. The number of para-hydroxylation sites is 1. The molecule has 0 aromatic heterocycles. The van der Waals surface area contributed by atoms with Crippen LogP contribution in [0.25, 0.3) is 0 Å². The highest BCUT2D eigenvalue weighted by atomic mass is 16.5. The van der Waals surface area contributed by atoms with Gasteiger partial charge in [0.05, 0.1) is 6.61 Å². The molecule has 2 aliphatic rings. The van der Waals surface area contributed by atoms with Crippen LogP contribution in [0.15, 0.2) is 18.2 Å². The lowest BCUT2D eigenvalue weighted by Crippen LogP contribution is -2.08. The van der Waals surface area contributed by atoms with Gasteiger partial charge in [0.25, 0.3) is 0 Å². The second kappa shape index (κ2) is 3.28. The number of hydrogen-bond donors (Lipinski definition) is 1. The lowest BCUT2D eigenvalue weighted by Gasteiger charge is -2.12. The number of rotatable bonds is 1. The highest BCUT2D eigenvalue weighted by molar-refractivity contribution is 5.46. The van der Waals surface area contributed by atoms with Crippen molar-refractivity contribution in [3.63, 3.8) is 0 Å². The first kappa shape index (κ1) is 8.30. The van der Waals surface area contributed by atoms with Crippen LogP contribution < -0.4 is 10.1 Å². The lowest BCUT2D eigenvalue weighted by atomic mass is 9.95. The fraction of sp³-hybridized carbons (Fsp3) is 0.500. The van der Waals surface area contributed by atoms with Gasteiger partial charge < -0.3 is 10.1 Å². The predicted molar refractivity (Wildman–Crippen MR) is 55.9 cm³/mol. The van der Waals surface area contributed by atoms with Gasteiger partial charge in [0.15, 0.2) is 0 Å². The van der Waals surface area contributed by atoms with Gasteiger partial charge in [0.1, 0.15) is 5.75 Å². The van der Waals surface area contributed by atoms with E-state index in [0.29, 0.717) is 5.92 Å². The highest BCUT2D eigenvalue weighted by Gasteiger charge is 2.24. The average molecular weight is 189 g/mol. The number of hydrogen-bond acceptors (Lipinski definition) is 2. The standard InChI is InChI=1S/C12H15NO/c1-2-9-5-7-14-12(9)11(3-1)10-4-6-13-8-10/h1-3,10,13H,4-8H2. The molecule has 0 radical (unpaired) electrons. The molecule has 1 fully saturated rings. The molecule has 0 spiro atoms. The van der Waals surface area contributed by atoms with Crippen molar-refractivity contribution < 1.29 is 4.74 Å². The van der Waals surface area contributed by atoms with Gasteiger partial charge >= 0.3 is 0 Å². The minimum atomic E-state index is 0.669. The summed E-state index contributed by atoms with van der Waals surface area (Å²) in [6.45, 7) is 3.13. The van der Waals surface area contributed by atoms with Gasteiger partial charge in [-0.05, 0) is 24.1 Å². The molecule has 2 heteroatoms. The molecule has 2 aliphatic heterocycles. The highest BCUT2D eigenvalue weighted by Crippen LogP contribution is 2.36. The molecular weight excluding hydrogens is 174 g/mol. The predicted octanol–water partition coefficient (Wildman–Crippen LogP) is 1.70. The SMILES string of the molecule is c1cc2c(c(C3CCNC3)c1)OCC2. The Morgan fingerprint density at radius 3 is 3.21 bits per heavy atom. The molecule has 3 rings (SSSR count). The van der Waals surface area contributed by atoms with Gasteiger partial charge in [-0.3, -0.25) is 0 Å². The van der Waals surface area contributed by atoms with Crippen molar-refractivity contribution in [1.82, 2.24) is 5.32 Å². The number of ether oxygens (including phenoxy) is 1. The van der Waals surface area contributed by atoms with Crippen molar-refractivity contribution in [2.24, 2.45) is 0 Å². The molecule has 0 saturated carbocycles. The third-order valence-electron chi connectivity index (χ3n) is 3.24. The summed E-state index contributed by atoms with van der Waals surface area (Å²) in [5.74, 6) is 1.85. The topological polar surface area (TPSA) is 21.3 Å². The molecule has 0 amide bonds. The van der Waals surface area contributed by atoms with E-state index in [1.54, 1.807) is 0 Å². The van der Waals surface area contributed by atoms with Gasteiger partial charge in [0, 0.05) is 18.9 Å². The van der Waals surface area contributed by atoms with E-state index < -0.39 is 0 Å². The number of nitrogens with one attached hydrogen (secondary N) is 1. The molecule has 1 saturated heterocycles. The van der Waals surface area contributed by atoms with Crippen molar-refractivity contribution in [2.75, 3.05) is 19.7 Å². The maximum Gasteiger partial charge on any atom is 0.126 e. The minimum Gasteiger partial charge on any atom is -0.493 e. The summed E-state index contributed by atoms with van der Waals surface area (Å²) in [6, 6.07) is 6.58. The maximum absolute atomic E-state index is 5.71. The molecular formula is C12H15NO. The van der Waals surface area contributed by atoms with Crippen molar-refractivity contribution in [3.8, 4) is 5.75 Å². The molecule has 74 valence electrons. The first-order valence-electron chi connectivity index (χ1n) is 5.40. The molecule has 2 nitrogen and oxygen atoms in total. The van der Waals surface area contributed by atoms with Crippen LogP contribution in [0.3, 0.4) is 0 Å². The minimum absolute atomic E-state index is 0.669. The average Bonchev–Trinajstić information content (AvgIpc) is 2.88. The van der Waals surface area contributed by atoms with Gasteiger partial charge in [0.2, 0.25) is 0 Å². The Morgan fingerprint density at radius 2 is 2.36 bits per heavy atom. The van der Waals surface area contributed by atoms with E-state index in [2.05, 4.69) is 23.5 Å². The van der Waals surface area contributed by atoms with Crippen LogP contribution in [0.4, 0.5) is 0 Å². The fourth-order valence-corrected chi connectivity index (χ4v) is 2.48. The van der Waals surface area contributed by atoms with E-state index in [4.69, 9.17) is 4.74 Å². The fourth-order valence-electron chi connectivity index (χ4n) is 2.48. The molecule has 1 N–H and O–H groups in total. The van der Waals surface area contributed by atoms with Crippen LogP contribution >= 0.6 is 0 Å². The van der Waals surface area contributed by atoms with Crippen molar-refractivity contribution in [2.45, 2.75) is 18.8 Å². The monoisotopic (exact) mass is 189 g/mol. The Hall–Kier alpha value is -1.02. The molecule has 1 atom stereocenters. The van der Waals surface area contributed by atoms with E-state index in [9.17, 15) is 0 Å². The van der Waals surface area contributed by atoms with Crippen LogP contribution in [0.2, 0.25) is 0 Å². The number of fused-ring (bicyclic) bond motifs is 1. The largest absolute Gasteiger partial charge is 0.493 e. The molecule has 1 unspecified atom stereocenters. The second-order valence-corrected chi connectivity index (χ2v) is 4.12. The van der Waals surface area contributed by atoms with E-state index >= 15 is 0 Å². The molecule has 1 aromatic rings. The summed E-state index contributed by atoms with van der Waals surface area (Å²) in [5, 5.41) is 3.41. The Balaban J connectivity index is 2.00. The van der Waals surface area contributed by atoms with Gasteiger partial charge in [-0.1, -0.05) is 18.2 Å². The molecule has 0 bridgehead atoms. The van der Waals surface area contributed by atoms with Crippen LogP contribution in [-0.2, 0) is 6.42 Å². The first-order chi connectivity index (χ1) is 6.95. The van der Waals surface area contributed by atoms with Crippen molar-refractivity contribution in [1.29, 1.82) is 0 Å². The summed E-state index contributed by atoms with van der Waals surface area (Å²) >= 11 is 0. The van der Waals surface area contributed by atoms with Crippen LogP contribution in [0.5, 0.6) is 5.75 Å². The van der Waals surface area contributed by atoms with Crippen LogP contribution in [-0.4, -0.2) is 19.7 Å². The van der Waals surface area contributed by atoms with E-state index in [1.807, 2.05) is 0 Å². The number of benzene rings is 1. The van der Waals surface area contributed by atoms with E-state index in [-0.39, 0.29) is 0 Å². The van der Waals surface area contributed by atoms with Crippen molar-refractivity contribution >= 4 is 0 Å². The summed E-state index contributed by atoms with van der Waals surface area (Å²) in [5.41, 5.74) is 2.82. The molecule has 14 heavy (non-hydrogen) atoms. The zero-order chi connectivity index (χ0) is 9.38.